The van der Waals surface area contributed by atoms with Crippen molar-refractivity contribution in [2.75, 3.05) is 0 Å². The SMILES string of the molecule is S=C=NP(Br)N=C=S. The summed E-state index contributed by atoms with van der Waals surface area (Å²) in [5.41, 5.74) is 0. The van der Waals surface area contributed by atoms with Gasteiger partial charge in [-0.05, 0) is 39.9 Å². The van der Waals surface area contributed by atoms with Gasteiger partial charge in [0.15, 0.2) is 0 Å². The Morgan fingerprint density at radius 2 is 1.62 bits per heavy atom. The molecule has 0 aliphatic heterocycles. The minimum atomic E-state index is -0.949. The second kappa shape index (κ2) is 5.64. The van der Waals surface area contributed by atoms with Gasteiger partial charge in [0.05, 0.1) is 10.3 Å². The maximum Gasteiger partial charge on any atom is 0.228 e. The molecular weight excluding hydrogens is 227 g/mol. The Bertz CT molecular complexity index is 141. The maximum absolute atomic E-state index is 4.29. The molecule has 0 amide bonds. The molecule has 0 saturated carbocycles. The zero-order valence-electron chi connectivity index (χ0n) is 3.54. The number of isothiocyanates is 2. The average molecular weight is 227 g/mol. The van der Waals surface area contributed by atoms with Crippen molar-refractivity contribution in [3.8, 4) is 0 Å². The summed E-state index contributed by atoms with van der Waals surface area (Å²) in [7, 11) is 0. The summed E-state index contributed by atoms with van der Waals surface area (Å²) in [6.07, 6.45) is 0. The highest BCUT2D eigenvalue weighted by molar-refractivity contribution is 9.39. The summed E-state index contributed by atoms with van der Waals surface area (Å²) in [5.74, 6) is 0. The first-order valence-electron chi connectivity index (χ1n) is 1.42. The smallest absolute Gasteiger partial charge is 0.170 e. The summed E-state index contributed by atoms with van der Waals surface area (Å²) < 4.78 is 7.13. The molecule has 0 bridgehead atoms. The first-order chi connectivity index (χ1) is 3.81. The number of nitrogens with zero attached hydrogens (tertiary/aromatic N) is 2. The van der Waals surface area contributed by atoms with Crippen LogP contribution in [-0.2, 0) is 0 Å². The summed E-state index contributed by atoms with van der Waals surface area (Å²) in [5, 5.41) is 4.32. The quantitative estimate of drug-likeness (QED) is 0.411. The third kappa shape index (κ3) is 4.66. The molecule has 0 aromatic heterocycles. The fourth-order valence-electron chi connectivity index (χ4n) is 0.0897. The van der Waals surface area contributed by atoms with Gasteiger partial charge in [0.2, 0.25) is 6.93 Å². The van der Waals surface area contributed by atoms with Crippen LogP contribution in [0.4, 0.5) is 0 Å². The van der Waals surface area contributed by atoms with Crippen LogP contribution in [0.2, 0.25) is 0 Å². The molecule has 2 nitrogen and oxygen atoms in total. The molecule has 0 aromatic carbocycles. The van der Waals surface area contributed by atoms with Crippen molar-refractivity contribution in [1.82, 2.24) is 0 Å². The summed E-state index contributed by atoms with van der Waals surface area (Å²) in [6.45, 7) is -0.949. The van der Waals surface area contributed by atoms with E-state index in [1.165, 1.54) is 0 Å². The van der Waals surface area contributed by atoms with E-state index in [2.05, 4.69) is 59.8 Å². The molecule has 0 rings (SSSR count). The van der Waals surface area contributed by atoms with Crippen LogP contribution in [0.25, 0.3) is 0 Å². The van der Waals surface area contributed by atoms with E-state index in [0.29, 0.717) is 0 Å². The summed E-state index contributed by atoms with van der Waals surface area (Å²) in [6, 6.07) is 0. The second-order valence-corrected chi connectivity index (χ2v) is 3.77. The van der Waals surface area contributed by atoms with Crippen molar-refractivity contribution < 1.29 is 0 Å². The predicted octanol–water partition coefficient (Wildman–Crippen LogP) is 2.81. The third-order valence-electron chi connectivity index (χ3n) is 0.247. The van der Waals surface area contributed by atoms with Gasteiger partial charge in [-0.1, -0.05) is 0 Å². The molecule has 0 N–H and O–H groups in total. The zero-order chi connectivity index (χ0) is 6.41. The molecule has 42 valence electrons. The normalized spacial score (nSPS) is 10.6. The first-order valence-corrected chi connectivity index (χ1v) is 5.51. The molecule has 6 heteroatoms. The van der Waals surface area contributed by atoms with Gasteiger partial charge in [-0.2, -0.15) is 9.53 Å². The fourth-order valence-corrected chi connectivity index (χ4v) is 1.84. The van der Waals surface area contributed by atoms with E-state index < -0.39 is 6.93 Å². The maximum atomic E-state index is 4.29. The Kier molecular flexibility index (Phi) is 6.00. The van der Waals surface area contributed by atoms with Crippen molar-refractivity contribution in [1.29, 1.82) is 0 Å². The van der Waals surface area contributed by atoms with Crippen LogP contribution in [0.5, 0.6) is 0 Å². The summed E-state index contributed by atoms with van der Waals surface area (Å²) >= 11 is 11.7. The van der Waals surface area contributed by atoms with Crippen molar-refractivity contribution in [2.45, 2.75) is 0 Å². The van der Waals surface area contributed by atoms with Crippen LogP contribution in [-0.4, -0.2) is 10.3 Å². The molecule has 0 unspecified atom stereocenters. The van der Waals surface area contributed by atoms with Crippen LogP contribution < -0.4 is 0 Å². The Hall–Kier alpha value is 0.510. The predicted molar refractivity (Wildman–Crippen MR) is 45.9 cm³/mol. The fraction of sp³-hybridized carbons (Fsp3) is 0. The van der Waals surface area contributed by atoms with Crippen molar-refractivity contribution in [3.63, 3.8) is 0 Å². The highest BCUT2D eigenvalue weighted by Crippen LogP contribution is 2.45. The van der Waals surface area contributed by atoms with E-state index >= 15 is 0 Å². The van der Waals surface area contributed by atoms with Gasteiger partial charge >= 0.3 is 0 Å². The monoisotopic (exact) mass is 226 g/mol. The molecule has 8 heavy (non-hydrogen) atoms. The largest absolute Gasteiger partial charge is 0.228 e. The number of halogens is 1. The number of hydrogen-bond donors (Lipinski definition) is 0. The van der Waals surface area contributed by atoms with E-state index in [4.69, 9.17) is 0 Å². The second-order valence-electron chi connectivity index (χ2n) is 0.623. The first kappa shape index (κ1) is 8.51. The van der Waals surface area contributed by atoms with Gasteiger partial charge < -0.3 is 0 Å². The number of rotatable bonds is 2. The van der Waals surface area contributed by atoms with Crippen LogP contribution in [0.15, 0.2) is 9.53 Å². The van der Waals surface area contributed by atoms with E-state index in [9.17, 15) is 0 Å². The van der Waals surface area contributed by atoms with E-state index in [0.717, 1.165) is 0 Å². The topological polar surface area (TPSA) is 24.7 Å². The van der Waals surface area contributed by atoms with Gasteiger partial charge in [-0.3, -0.25) is 0 Å². The average Bonchev–Trinajstić information content (AvgIpc) is 1.68. The van der Waals surface area contributed by atoms with E-state index in [-0.39, 0.29) is 0 Å². The molecule has 0 saturated heterocycles. The van der Waals surface area contributed by atoms with E-state index in [1.807, 2.05) is 0 Å². The van der Waals surface area contributed by atoms with Crippen molar-refractivity contribution in [3.05, 3.63) is 0 Å². The van der Waals surface area contributed by atoms with Gasteiger partial charge in [-0.15, -0.1) is 0 Å². The molecular formula is C2BrN2PS2. The highest BCUT2D eigenvalue weighted by atomic mass is 79.9. The van der Waals surface area contributed by atoms with Gasteiger partial charge in [-0.25, -0.2) is 0 Å². The Morgan fingerprint density at radius 3 is 1.88 bits per heavy atom. The lowest BCUT2D eigenvalue weighted by molar-refractivity contribution is 1.86. The van der Waals surface area contributed by atoms with Gasteiger partial charge in [0.1, 0.15) is 0 Å². The van der Waals surface area contributed by atoms with Gasteiger partial charge in [0.25, 0.3) is 0 Å². The molecule has 0 aliphatic rings. The highest BCUT2D eigenvalue weighted by Gasteiger charge is 1.90. The van der Waals surface area contributed by atoms with Crippen LogP contribution in [0, 0.1) is 0 Å². The van der Waals surface area contributed by atoms with Crippen molar-refractivity contribution >= 4 is 57.2 Å². The lowest BCUT2D eigenvalue weighted by Gasteiger charge is -1.82. The minimum absolute atomic E-state index is 0.949. The zero-order valence-corrected chi connectivity index (χ0v) is 7.65. The molecule has 0 atom stereocenters. The Balaban J connectivity index is 3.82. The molecule has 0 radical (unpaired) electrons. The van der Waals surface area contributed by atoms with Crippen LogP contribution in [0.3, 0.4) is 0 Å². The lowest BCUT2D eigenvalue weighted by Crippen LogP contribution is -1.44. The third-order valence-corrected chi connectivity index (χ3v) is 2.18. The van der Waals surface area contributed by atoms with Crippen molar-refractivity contribution in [2.24, 2.45) is 9.53 Å². The Labute approximate surface area is 66.7 Å². The van der Waals surface area contributed by atoms with E-state index in [1.54, 1.807) is 0 Å². The molecule has 0 heterocycles. The standard InChI is InChI=1S/C2BrN2PS2/c3-6(4-1-7)5-2-8. The minimum Gasteiger partial charge on any atom is -0.170 e. The molecule has 0 fully saturated rings. The van der Waals surface area contributed by atoms with Crippen LogP contribution >= 0.6 is 46.9 Å². The number of hydrogen-bond acceptors (Lipinski definition) is 4. The lowest BCUT2D eigenvalue weighted by atomic mass is 11.8. The van der Waals surface area contributed by atoms with Crippen LogP contribution in [0.1, 0.15) is 0 Å². The molecule has 0 aliphatic carbocycles. The Morgan fingerprint density at radius 1 is 1.25 bits per heavy atom. The number of thiocarbonyl (C=S) groups is 2. The van der Waals surface area contributed by atoms with Gasteiger partial charge in [0, 0.05) is 0 Å². The molecule has 0 aromatic rings. The molecule has 0 spiro atoms. The summed E-state index contributed by atoms with van der Waals surface area (Å²) in [4.78, 5) is 0.